The van der Waals surface area contributed by atoms with E-state index in [1.807, 2.05) is 55.5 Å². The van der Waals surface area contributed by atoms with E-state index in [2.05, 4.69) is 83.0 Å². The van der Waals surface area contributed by atoms with Crippen molar-refractivity contribution in [3.05, 3.63) is 127 Å². The fourth-order valence-electron chi connectivity index (χ4n) is 4.19. The first-order valence-electron chi connectivity index (χ1n) is 11.4. The van der Waals surface area contributed by atoms with Gasteiger partial charge in [0.25, 0.3) is 0 Å². The third kappa shape index (κ3) is 5.45. The van der Waals surface area contributed by atoms with E-state index >= 15 is 0 Å². The molecule has 0 amide bonds. The highest BCUT2D eigenvalue weighted by atomic mass is 31.2. The summed E-state index contributed by atoms with van der Waals surface area (Å²) in [5, 5.41) is 12.8. The van der Waals surface area contributed by atoms with Crippen LogP contribution in [0.15, 0.2) is 132 Å². The molecule has 174 valence electrons. The summed E-state index contributed by atoms with van der Waals surface area (Å²) < 4.78 is 4.98. The summed E-state index contributed by atoms with van der Waals surface area (Å²) in [6, 6.07) is 41.2. The predicted octanol–water partition coefficient (Wildman–Crippen LogP) is 5.02. The molecule has 0 N–H and O–H groups in total. The van der Waals surface area contributed by atoms with E-state index in [0.29, 0.717) is 11.7 Å². The van der Waals surface area contributed by atoms with Crippen LogP contribution in [0.3, 0.4) is 0 Å². The Kier molecular flexibility index (Phi) is 7.97. The number of carbonyl (C=O) groups excluding carboxylic acids is 1. The lowest BCUT2D eigenvalue weighted by molar-refractivity contribution is -0.132. The van der Waals surface area contributed by atoms with Gasteiger partial charge in [-0.05, 0) is 43.3 Å². The highest BCUT2D eigenvalue weighted by molar-refractivity contribution is 7.96. The second-order valence-electron chi connectivity index (χ2n) is 8.12. The summed E-state index contributed by atoms with van der Waals surface area (Å²) in [4.78, 5) is 12.5. The summed E-state index contributed by atoms with van der Waals surface area (Å²) in [7, 11) is -0.733. The first-order chi connectivity index (χ1) is 17.1. The van der Waals surface area contributed by atoms with Crippen LogP contribution in [0.4, 0.5) is 0 Å². The Balaban J connectivity index is 1.85. The lowest BCUT2D eigenvalue weighted by atomic mass is 10.1. The second kappa shape index (κ2) is 11.5. The molecule has 0 atom stereocenters. The van der Waals surface area contributed by atoms with Crippen LogP contribution in [-0.4, -0.2) is 30.7 Å². The fraction of sp³-hybridized carbons (Fsp3) is 0.100. The Hall–Kier alpha value is -3.88. The van der Waals surface area contributed by atoms with Crippen molar-refractivity contribution < 1.29 is 9.53 Å². The normalized spacial score (nSPS) is 12.3. The summed E-state index contributed by atoms with van der Waals surface area (Å²) in [6.07, 6.45) is 0.692. The molecule has 4 nitrogen and oxygen atoms in total. The van der Waals surface area contributed by atoms with Crippen molar-refractivity contribution in [3.8, 4) is 0 Å². The van der Waals surface area contributed by atoms with E-state index in [1.165, 1.54) is 23.0 Å². The molecule has 0 bridgehead atoms. The van der Waals surface area contributed by atoms with Crippen molar-refractivity contribution in [2.24, 2.45) is 10.2 Å². The van der Waals surface area contributed by atoms with Crippen LogP contribution in [0.1, 0.15) is 12.5 Å². The minimum atomic E-state index is -2.09. The Morgan fingerprint density at radius 2 is 1.06 bits per heavy atom. The van der Waals surface area contributed by atoms with Crippen LogP contribution in [-0.2, 0) is 9.53 Å². The fourth-order valence-corrected chi connectivity index (χ4v) is 8.42. The molecule has 0 saturated carbocycles. The average Bonchev–Trinajstić information content (AvgIpc) is 2.93. The Morgan fingerprint density at radius 3 is 1.46 bits per heavy atom. The van der Waals surface area contributed by atoms with Crippen molar-refractivity contribution in [3.63, 3.8) is 0 Å². The minimum Gasteiger partial charge on any atom is -0.464 e. The van der Waals surface area contributed by atoms with Gasteiger partial charge in [0.05, 0.1) is 12.8 Å². The molecule has 5 heteroatoms. The topological polar surface area (TPSA) is 51.0 Å². The largest absolute Gasteiger partial charge is 0.464 e. The monoisotopic (exact) mass is 479 g/mol. The molecular formula is C30H28N2O2P+. The van der Waals surface area contributed by atoms with Crippen molar-refractivity contribution in [1.82, 2.24) is 0 Å². The van der Waals surface area contributed by atoms with Gasteiger partial charge in [-0.2, -0.15) is 5.10 Å². The molecule has 0 unspecified atom stereocenters. The van der Waals surface area contributed by atoms with Crippen molar-refractivity contribution >= 4 is 40.6 Å². The van der Waals surface area contributed by atoms with Crippen LogP contribution in [0.2, 0.25) is 0 Å². The highest BCUT2D eigenvalue weighted by Gasteiger charge is 2.45. The van der Waals surface area contributed by atoms with Gasteiger partial charge in [0.2, 0.25) is 0 Å². The predicted molar refractivity (Wildman–Crippen MR) is 148 cm³/mol. The SMILES string of the molecule is COC(=O)/C(=N/N=C(\C)C[P+](c1ccccc1)(c1ccccc1)c1ccccc1)c1ccccc1. The molecular weight excluding hydrogens is 451 g/mol. The molecule has 0 aliphatic heterocycles. The van der Waals surface area contributed by atoms with Gasteiger partial charge in [0, 0.05) is 5.56 Å². The Labute approximate surface area is 207 Å². The number of hydrogen-bond donors (Lipinski definition) is 0. The van der Waals surface area contributed by atoms with E-state index in [0.717, 1.165) is 5.71 Å². The number of hydrogen-bond acceptors (Lipinski definition) is 4. The lowest BCUT2D eigenvalue weighted by Crippen LogP contribution is -2.35. The van der Waals surface area contributed by atoms with Crippen molar-refractivity contribution in [2.75, 3.05) is 13.3 Å². The molecule has 0 radical (unpaired) electrons. The number of ether oxygens (including phenoxy) is 1. The molecule has 35 heavy (non-hydrogen) atoms. The molecule has 0 aliphatic carbocycles. The van der Waals surface area contributed by atoms with Gasteiger partial charge in [-0.1, -0.05) is 84.9 Å². The van der Waals surface area contributed by atoms with E-state index < -0.39 is 13.2 Å². The summed E-state index contributed by atoms with van der Waals surface area (Å²) in [6.45, 7) is 1.98. The second-order valence-corrected chi connectivity index (χ2v) is 11.6. The van der Waals surface area contributed by atoms with Gasteiger partial charge in [-0.25, -0.2) is 4.79 Å². The first kappa shape index (κ1) is 24.3. The Bertz CT molecular complexity index is 1210. The number of esters is 1. The Morgan fingerprint density at radius 1 is 0.657 bits per heavy atom. The molecule has 0 fully saturated rings. The van der Waals surface area contributed by atoms with Crippen LogP contribution < -0.4 is 15.9 Å². The minimum absolute atomic E-state index is 0.190. The smallest absolute Gasteiger partial charge is 0.359 e. The van der Waals surface area contributed by atoms with Gasteiger partial charge in [0.1, 0.15) is 29.3 Å². The van der Waals surface area contributed by atoms with E-state index in [-0.39, 0.29) is 5.71 Å². The molecule has 0 aromatic heterocycles. The maximum absolute atomic E-state index is 12.5. The number of carbonyl (C=O) groups is 1. The quantitative estimate of drug-likeness (QED) is 0.154. The van der Waals surface area contributed by atoms with Crippen LogP contribution in [0.25, 0.3) is 0 Å². The van der Waals surface area contributed by atoms with Gasteiger partial charge >= 0.3 is 5.97 Å². The maximum Gasteiger partial charge on any atom is 0.359 e. The molecule has 0 spiro atoms. The summed E-state index contributed by atoms with van der Waals surface area (Å²) >= 11 is 0. The summed E-state index contributed by atoms with van der Waals surface area (Å²) in [5.74, 6) is -0.511. The molecule has 0 aliphatic rings. The van der Waals surface area contributed by atoms with Crippen molar-refractivity contribution in [2.45, 2.75) is 6.92 Å². The zero-order chi connectivity index (χ0) is 24.5. The molecule has 4 rings (SSSR count). The molecule has 0 saturated heterocycles. The molecule has 4 aromatic rings. The highest BCUT2D eigenvalue weighted by Crippen LogP contribution is 2.55. The molecule has 4 aromatic carbocycles. The standard InChI is InChI=1S/C30H28N2O2P/c1-24(31-32-29(30(33)34-2)25-15-7-3-8-16-25)23-35(26-17-9-4-10-18-26,27-19-11-5-12-20-27)28-21-13-6-14-22-28/h3-22H,23H2,1-2H3/q+1/b31-24+,32-29+. The number of methoxy groups -OCH3 is 1. The average molecular weight is 480 g/mol. The summed E-state index contributed by atoms with van der Waals surface area (Å²) in [5.41, 5.74) is 1.70. The maximum atomic E-state index is 12.5. The third-order valence-electron chi connectivity index (χ3n) is 5.80. The van der Waals surface area contributed by atoms with E-state index in [4.69, 9.17) is 4.74 Å². The van der Waals surface area contributed by atoms with Crippen molar-refractivity contribution in [1.29, 1.82) is 0 Å². The zero-order valence-corrected chi connectivity index (χ0v) is 20.8. The lowest BCUT2D eigenvalue weighted by Gasteiger charge is -2.27. The third-order valence-corrected chi connectivity index (χ3v) is 10.3. The van der Waals surface area contributed by atoms with Crippen LogP contribution >= 0.6 is 7.26 Å². The van der Waals surface area contributed by atoms with Crippen LogP contribution in [0.5, 0.6) is 0 Å². The van der Waals surface area contributed by atoms with Gasteiger partial charge in [-0.3, -0.25) is 0 Å². The number of benzene rings is 4. The molecule has 0 heterocycles. The van der Waals surface area contributed by atoms with Gasteiger partial charge in [-0.15, -0.1) is 5.10 Å². The van der Waals surface area contributed by atoms with E-state index in [1.54, 1.807) is 0 Å². The number of nitrogens with zero attached hydrogens (tertiary/aromatic N) is 2. The van der Waals surface area contributed by atoms with Crippen LogP contribution in [0, 0.1) is 0 Å². The first-order valence-corrected chi connectivity index (χ1v) is 13.4. The number of rotatable bonds is 8. The van der Waals surface area contributed by atoms with Gasteiger partial charge in [0.15, 0.2) is 5.71 Å². The zero-order valence-electron chi connectivity index (χ0n) is 19.9. The van der Waals surface area contributed by atoms with Gasteiger partial charge < -0.3 is 4.74 Å². The van der Waals surface area contributed by atoms with E-state index in [9.17, 15) is 4.79 Å².